The lowest BCUT2D eigenvalue weighted by molar-refractivity contribution is 0.0996. The van der Waals surface area contributed by atoms with E-state index in [9.17, 15) is 13.2 Å². The lowest BCUT2D eigenvalue weighted by Gasteiger charge is -2.03. The minimum Gasteiger partial charge on any atom is -0.364 e. The number of nitrogens with zero attached hydrogens (tertiary/aromatic N) is 1. The van der Waals surface area contributed by atoms with E-state index >= 15 is 0 Å². The summed E-state index contributed by atoms with van der Waals surface area (Å²) in [6.45, 7) is 0. The fourth-order valence-electron chi connectivity index (χ4n) is 2.17. The number of sulfone groups is 1. The summed E-state index contributed by atoms with van der Waals surface area (Å²) in [5.74, 6) is -0.544. The average molecular weight is 315 g/mol. The number of fused-ring (bicyclic) bond motifs is 1. The molecule has 0 bridgehead atoms. The molecular weight excluding hydrogens is 302 g/mol. The van der Waals surface area contributed by atoms with Crippen LogP contribution in [0.3, 0.4) is 0 Å². The molecule has 0 radical (unpaired) electrons. The van der Waals surface area contributed by atoms with Gasteiger partial charge in [-0.25, -0.2) is 13.4 Å². The van der Waals surface area contributed by atoms with Gasteiger partial charge in [0.15, 0.2) is 9.84 Å². The number of aromatic amines is 1. The molecule has 0 saturated heterocycles. The summed E-state index contributed by atoms with van der Waals surface area (Å²) in [6, 6.07) is 11.7. The number of carbonyl (C=O) groups excluding carboxylic acids is 1. The first kappa shape index (κ1) is 14.3. The van der Waals surface area contributed by atoms with E-state index in [1.54, 1.807) is 36.4 Å². The Hall–Kier alpha value is -2.67. The van der Waals surface area contributed by atoms with Crippen LogP contribution in [-0.4, -0.2) is 30.5 Å². The number of primary amides is 1. The summed E-state index contributed by atoms with van der Waals surface area (Å²) < 4.78 is 22.9. The fourth-order valence-corrected chi connectivity index (χ4v) is 2.80. The van der Waals surface area contributed by atoms with Crippen molar-refractivity contribution in [3.63, 3.8) is 0 Å². The van der Waals surface area contributed by atoms with Gasteiger partial charge in [-0.05, 0) is 30.3 Å². The first-order valence-electron chi connectivity index (χ1n) is 6.45. The number of benzene rings is 1. The summed E-state index contributed by atoms with van der Waals surface area (Å²) in [6.07, 6.45) is 1.16. The van der Waals surface area contributed by atoms with Gasteiger partial charge in [0, 0.05) is 17.2 Å². The molecule has 0 aliphatic carbocycles. The van der Waals surface area contributed by atoms with Crippen LogP contribution < -0.4 is 5.73 Å². The van der Waals surface area contributed by atoms with E-state index < -0.39 is 15.7 Å². The van der Waals surface area contributed by atoms with Crippen LogP contribution in [0.1, 0.15) is 10.5 Å². The van der Waals surface area contributed by atoms with Crippen molar-refractivity contribution in [2.75, 3.05) is 6.26 Å². The van der Waals surface area contributed by atoms with Crippen LogP contribution in [-0.2, 0) is 9.84 Å². The SMILES string of the molecule is CS(=O)(=O)c1ccc(-c2ccc3cc(C(N)=O)[nH]c3n2)cc1. The largest absolute Gasteiger partial charge is 0.364 e. The molecule has 7 heteroatoms. The number of hydrogen-bond acceptors (Lipinski definition) is 4. The Morgan fingerprint density at radius 3 is 2.41 bits per heavy atom. The summed E-state index contributed by atoms with van der Waals surface area (Å²) in [5, 5.41) is 0.783. The lowest BCUT2D eigenvalue weighted by atomic mass is 10.1. The molecule has 0 aliphatic rings. The topological polar surface area (TPSA) is 106 Å². The molecule has 3 rings (SSSR count). The molecule has 1 amide bonds. The maximum atomic E-state index is 11.5. The van der Waals surface area contributed by atoms with E-state index in [0.29, 0.717) is 17.0 Å². The molecule has 112 valence electrons. The second kappa shape index (κ2) is 4.96. The number of pyridine rings is 1. The summed E-state index contributed by atoms with van der Waals surface area (Å²) >= 11 is 0. The Bertz CT molecular complexity index is 973. The van der Waals surface area contributed by atoms with Gasteiger partial charge in [-0.2, -0.15) is 0 Å². The zero-order valence-corrected chi connectivity index (χ0v) is 12.5. The van der Waals surface area contributed by atoms with Gasteiger partial charge >= 0.3 is 0 Å². The molecule has 3 N–H and O–H groups in total. The van der Waals surface area contributed by atoms with Crippen molar-refractivity contribution >= 4 is 26.8 Å². The molecule has 22 heavy (non-hydrogen) atoms. The van der Waals surface area contributed by atoms with Gasteiger partial charge in [0.25, 0.3) is 5.91 Å². The predicted molar refractivity (Wildman–Crippen MR) is 83.2 cm³/mol. The van der Waals surface area contributed by atoms with Crippen molar-refractivity contribution < 1.29 is 13.2 Å². The maximum Gasteiger partial charge on any atom is 0.265 e. The summed E-state index contributed by atoms with van der Waals surface area (Å²) in [4.78, 5) is 18.7. The molecule has 1 aromatic carbocycles. The minimum atomic E-state index is -3.22. The van der Waals surface area contributed by atoms with Gasteiger partial charge in [-0.15, -0.1) is 0 Å². The Morgan fingerprint density at radius 2 is 1.82 bits per heavy atom. The Balaban J connectivity index is 2.04. The van der Waals surface area contributed by atoms with Crippen LogP contribution in [0, 0.1) is 0 Å². The second-order valence-electron chi connectivity index (χ2n) is 4.98. The van der Waals surface area contributed by atoms with Gasteiger partial charge < -0.3 is 10.7 Å². The van der Waals surface area contributed by atoms with Crippen molar-refractivity contribution in [2.24, 2.45) is 5.73 Å². The van der Waals surface area contributed by atoms with Crippen molar-refractivity contribution in [1.82, 2.24) is 9.97 Å². The number of nitrogens with two attached hydrogens (primary N) is 1. The highest BCUT2D eigenvalue weighted by molar-refractivity contribution is 7.90. The maximum absolute atomic E-state index is 11.5. The van der Waals surface area contributed by atoms with E-state index in [1.807, 2.05) is 6.07 Å². The highest BCUT2D eigenvalue weighted by atomic mass is 32.2. The zero-order chi connectivity index (χ0) is 15.9. The Morgan fingerprint density at radius 1 is 1.14 bits per heavy atom. The fraction of sp³-hybridized carbons (Fsp3) is 0.0667. The van der Waals surface area contributed by atoms with E-state index in [-0.39, 0.29) is 4.90 Å². The van der Waals surface area contributed by atoms with Crippen LogP contribution in [0.4, 0.5) is 0 Å². The molecule has 0 unspecified atom stereocenters. The number of hydrogen-bond donors (Lipinski definition) is 2. The summed E-state index contributed by atoms with van der Waals surface area (Å²) in [7, 11) is -3.22. The Kier molecular flexibility index (Phi) is 3.22. The third-order valence-electron chi connectivity index (χ3n) is 3.32. The number of aromatic nitrogens is 2. The van der Waals surface area contributed by atoms with Crippen molar-refractivity contribution in [1.29, 1.82) is 0 Å². The molecule has 0 spiro atoms. The highest BCUT2D eigenvalue weighted by Gasteiger charge is 2.10. The average Bonchev–Trinajstić information content (AvgIpc) is 2.89. The molecule has 3 aromatic rings. The van der Waals surface area contributed by atoms with Crippen molar-refractivity contribution in [2.45, 2.75) is 4.90 Å². The minimum absolute atomic E-state index is 0.258. The normalized spacial score (nSPS) is 11.7. The summed E-state index contributed by atoms with van der Waals surface area (Å²) in [5.41, 5.74) is 7.54. The van der Waals surface area contributed by atoms with Gasteiger partial charge in [-0.3, -0.25) is 4.79 Å². The molecular formula is C15H13N3O3S. The third kappa shape index (κ3) is 2.58. The van der Waals surface area contributed by atoms with Crippen molar-refractivity contribution in [3.8, 4) is 11.3 Å². The zero-order valence-electron chi connectivity index (χ0n) is 11.7. The second-order valence-corrected chi connectivity index (χ2v) is 6.99. The molecule has 0 fully saturated rings. The molecule has 0 saturated carbocycles. The number of rotatable bonds is 3. The highest BCUT2D eigenvalue weighted by Crippen LogP contribution is 2.22. The van der Waals surface area contributed by atoms with Gasteiger partial charge in [0.05, 0.1) is 10.6 Å². The van der Waals surface area contributed by atoms with Gasteiger partial charge in [0.2, 0.25) is 0 Å². The lowest BCUT2D eigenvalue weighted by Crippen LogP contribution is -2.10. The number of H-pyrrole nitrogens is 1. The number of nitrogens with one attached hydrogen (secondary N) is 1. The number of carbonyl (C=O) groups is 1. The van der Waals surface area contributed by atoms with Gasteiger partial charge in [-0.1, -0.05) is 12.1 Å². The number of amides is 1. The predicted octanol–water partition coefficient (Wildman–Crippen LogP) is 1.73. The van der Waals surface area contributed by atoms with E-state index in [0.717, 1.165) is 17.2 Å². The van der Waals surface area contributed by atoms with E-state index in [2.05, 4.69) is 9.97 Å². The first-order chi connectivity index (χ1) is 10.3. The third-order valence-corrected chi connectivity index (χ3v) is 4.45. The van der Waals surface area contributed by atoms with Gasteiger partial charge in [0.1, 0.15) is 11.3 Å². The van der Waals surface area contributed by atoms with Crippen LogP contribution in [0.15, 0.2) is 47.4 Å². The van der Waals surface area contributed by atoms with Crippen molar-refractivity contribution in [3.05, 3.63) is 48.2 Å². The molecule has 2 aromatic heterocycles. The molecule has 6 nitrogen and oxygen atoms in total. The standard InChI is InChI=1S/C15H13N3O3S/c1-22(20,21)11-5-2-9(3-6-11)12-7-4-10-8-13(14(16)19)18-15(10)17-12/h2-8H,1H3,(H2,16,19)(H,17,18). The van der Waals surface area contributed by atoms with Crippen LogP contribution in [0.25, 0.3) is 22.3 Å². The molecule has 0 aliphatic heterocycles. The van der Waals surface area contributed by atoms with E-state index in [4.69, 9.17) is 5.73 Å². The van der Waals surface area contributed by atoms with Crippen LogP contribution in [0.5, 0.6) is 0 Å². The smallest absolute Gasteiger partial charge is 0.265 e. The van der Waals surface area contributed by atoms with E-state index in [1.165, 1.54) is 0 Å². The quantitative estimate of drug-likeness (QED) is 0.767. The first-order valence-corrected chi connectivity index (χ1v) is 8.34. The van der Waals surface area contributed by atoms with Crippen LogP contribution in [0.2, 0.25) is 0 Å². The van der Waals surface area contributed by atoms with Crippen LogP contribution >= 0.6 is 0 Å². The molecule has 2 heterocycles. The Labute approximate surface area is 126 Å². The molecule has 0 atom stereocenters. The monoisotopic (exact) mass is 315 g/mol.